The Balaban J connectivity index is 2.47. The first-order valence-corrected chi connectivity index (χ1v) is 5.94. The number of aliphatic hydroxyl groups excluding tert-OH is 1. The highest BCUT2D eigenvalue weighted by Gasteiger charge is 2.19. The van der Waals surface area contributed by atoms with Crippen molar-refractivity contribution in [2.45, 2.75) is 25.3 Å². The lowest BCUT2D eigenvalue weighted by molar-refractivity contribution is -0.142. The van der Waals surface area contributed by atoms with E-state index in [-0.39, 0.29) is 25.2 Å². The first-order chi connectivity index (χ1) is 9.04. The Bertz CT molecular complexity index is 446. The second-order valence-electron chi connectivity index (χ2n) is 4.10. The fourth-order valence-electron chi connectivity index (χ4n) is 1.62. The Morgan fingerprint density at radius 2 is 1.95 bits per heavy atom. The van der Waals surface area contributed by atoms with Gasteiger partial charge in [-0.15, -0.1) is 0 Å². The van der Waals surface area contributed by atoms with Crippen LogP contribution in [0.15, 0.2) is 24.3 Å². The predicted octanol–water partition coefficient (Wildman–Crippen LogP) is 0.277. The van der Waals surface area contributed by atoms with E-state index in [1.165, 1.54) is 6.07 Å². The van der Waals surface area contributed by atoms with Gasteiger partial charge in [-0.1, -0.05) is 18.2 Å². The number of carboxylic acids is 1. The summed E-state index contributed by atoms with van der Waals surface area (Å²) in [6.07, 6.45) is 0.369. The van der Waals surface area contributed by atoms with Crippen molar-refractivity contribution < 1.29 is 24.9 Å². The zero-order chi connectivity index (χ0) is 14.3. The van der Waals surface area contributed by atoms with Gasteiger partial charge in [0.25, 0.3) is 0 Å². The van der Waals surface area contributed by atoms with Gasteiger partial charge in [-0.05, 0) is 18.1 Å². The largest absolute Gasteiger partial charge is 0.508 e. The van der Waals surface area contributed by atoms with Gasteiger partial charge < -0.3 is 20.6 Å². The molecule has 4 N–H and O–H groups in total. The van der Waals surface area contributed by atoms with Gasteiger partial charge >= 0.3 is 5.97 Å². The molecule has 1 aromatic carbocycles. The minimum atomic E-state index is -1.18. The van der Waals surface area contributed by atoms with E-state index in [2.05, 4.69) is 5.32 Å². The minimum Gasteiger partial charge on any atom is -0.508 e. The van der Waals surface area contributed by atoms with Gasteiger partial charge in [-0.3, -0.25) is 4.79 Å². The van der Waals surface area contributed by atoms with Crippen molar-refractivity contribution in [3.8, 4) is 5.75 Å². The van der Waals surface area contributed by atoms with Crippen molar-refractivity contribution in [1.29, 1.82) is 0 Å². The number of aryl methyl sites for hydroxylation is 1. The third kappa shape index (κ3) is 4.97. The summed E-state index contributed by atoms with van der Waals surface area (Å²) >= 11 is 0. The number of aromatic hydroxyl groups is 1. The second kappa shape index (κ2) is 7.38. The molecule has 6 nitrogen and oxygen atoms in total. The number of rotatable bonds is 7. The fraction of sp³-hybridized carbons (Fsp3) is 0.385. The molecule has 0 saturated carbocycles. The molecule has 0 unspecified atom stereocenters. The quantitative estimate of drug-likeness (QED) is 0.567. The molecule has 19 heavy (non-hydrogen) atoms. The molecule has 0 aromatic heterocycles. The monoisotopic (exact) mass is 267 g/mol. The van der Waals surface area contributed by atoms with E-state index in [9.17, 15) is 14.7 Å². The lowest BCUT2D eigenvalue weighted by atomic mass is 10.1. The maximum atomic E-state index is 11.6. The molecule has 0 radical (unpaired) electrons. The number of benzene rings is 1. The van der Waals surface area contributed by atoms with Gasteiger partial charge in [0.15, 0.2) is 0 Å². The van der Waals surface area contributed by atoms with Gasteiger partial charge in [0.2, 0.25) is 5.91 Å². The van der Waals surface area contributed by atoms with Crippen LogP contribution in [0.25, 0.3) is 0 Å². The Morgan fingerprint density at radius 1 is 1.26 bits per heavy atom. The SMILES string of the molecule is O=C(CCc1ccccc1O)N[C@@H](CCO)C(=O)O. The number of carboxylic acid groups (broad SMARTS) is 1. The maximum absolute atomic E-state index is 11.6. The first kappa shape index (κ1) is 15.0. The molecular formula is C13H17NO5. The van der Waals surface area contributed by atoms with Gasteiger partial charge in [0.1, 0.15) is 11.8 Å². The number of phenolic OH excluding ortho intramolecular Hbond substituents is 1. The topological polar surface area (TPSA) is 107 Å². The summed E-state index contributed by atoms with van der Waals surface area (Å²) < 4.78 is 0. The lowest BCUT2D eigenvalue weighted by Gasteiger charge is -2.13. The highest BCUT2D eigenvalue weighted by Crippen LogP contribution is 2.17. The van der Waals surface area contributed by atoms with Crippen LogP contribution in [0.4, 0.5) is 0 Å². The Morgan fingerprint density at radius 3 is 2.53 bits per heavy atom. The summed E-state index contributed by atoms with van der Waals surface area (Å²) in [5, 5.41) is 29.4. The van der Waals surface area contributed by atoms with E-state index < -0.39 is 17.9 Å². The maximum Gasteiger partial charge on any atom is 0.326 e. The van der Waals surface area contributed by atoms with Crippen molar-refractivity contribution in [2.24, 2.45) is 0 Å². The Hall–Kier alpha value is -2.08. The van der Waals surface area contributed by atoms with Crippen LogP contribution in [-0.4, -0.2) is 39.8 Å². The van der Waals surface area contributed by atoms with Gasteiger partial charge in [0.05, 0.1) is 0 Å². The van der Waals surface area contributed by atoms with Crippen LogP contribution in [0.3, 0.4) is 0 Å². The lowest BCUT2D eigenvalue weighted by Crippen LogP contribution is -2.41. The average molecular weight is 267 g/mol. The van der Waals surface area contributed by atoms with E-state index in [0.29, 0.717) is 12.0 Å². The number of phenols is 1. The average Bonchev–Trinajstić information content (AvgIpc) is 2.37. The molecule has 0 bridgehead atoms. The first-order valence-electron chi connectivity index (χ1n) is 5.94. The Labute approximate surface area is 110 Å². The summed E-state index contributed by atoms with van der Waals surface area (Å²) in [7, 11) is 0. The second-order valence-corrected chi connectivity index (χ2v) is 4.10. The predicted molar refractivity (Wildman–Crippen MR) is 67.7 cm³/mol. The van der Waals surface area contributed by atoms with Crippen LogP contribution < -0.4 is 5.32 Å². The molecule has 0 spiro atoms. The summed E-state index contributed by atoms with van der Waals surface area (Å²) in [5.74, 6) is -1.49. The van der Waals surface area contributed by atoms with Crippen molar-refractivity contribution in [3.05, 3.63) is 29.8 Å². The van der Waals surface area contributed by atoms with Crippen LogP contribution in [0.1, 0.15) is 18.4 Å². The number of carbonyl (C=O) groups is 2. The van der Waals surface area contributed by atoms with Crippen LogP contribution in [0.5, 0.6) is 5.75 Å². The van der Waals surface area contributed by atoms with E-state index in [1.54, 1.807) is 18.2 Å². The molecule has 6 heteroatoms. The molecular weight excluding hydrogens is 250 g/mol. The number of hydrogen-bond acceptors (Lipinski definition) is 4. The molecule has 0 fully saturated rings. The van der Waals surface area contributed by atoms with Gasteiger partial charge in [-0.2, -0.15) is 0 Å². The summed E-state index contributed by atoms with van der Waals surface area (Å²) in [4.78, 5) is 22.4. The van der Waals surface area contributed by atoms with Crippen molar-refractivity contribution >= 4 is 11.9 Å². The van der Waals surface area contributed by atoms with Crippen molar-refractivity contribution in [2.75, 3.05) is 6.61 Å². The molecule has 1 atom stereocenters. The number of aliphatic hydroxyl groups is 1. The molecule has 1 rings (SSSR count). The van der Waals surface area contributed by atoms with E-state index in [0.717, 1.165) is 0 Å². The number of para-hydroxylation sites is 1. The minimum absolute atomic E-state index is 0.0301. The smallest absolute Gasteiger partial charge is 0.326 e. The van der Waals surface area contributed by atoms with Crippen LogP contribution in [0, 0.1) is 0 Å². The van der Waals surface area contributed by atoms with E-state index in [4.69, 9.17) is 10.2 Å². The van der Waals surface area contributed by atoms with Gasteiger partial charge in [0, 0.05) is 19.4 Å². The number of aliphatic carboxylic acids is 1. The van der Waals surface area contributed by atoms with Crippen LogP contribution in [-0.2, 0) is 16.0 Å². The van der Waals surface area contributed by atoms with Crippen LogP contribution in [0.2, 0.25) is 0 Å². The molecule has 0 aliphatic rings. The van der Waals surface area contributed by atoms with Crippen molar-refractivity contribution in [3.63, 3.8) is 0 Å². The standard InChI is InChI=1S/C13H17NO5/c15-8-7-10(13(18)19)14-12(17)6-5-9-3-1-2-4-11(9)16/h1-4,10,15-16H,5-8H2,(H,14,17)(H,18,19)/t10-/m0/s1. The van der Waals surface area contributed by atoms with Crippen LogP contribution >= 0.6 is 0 Å². The normalized spacial score (nSPS) is 11.8. The molecule has 104 valence electrons. The molecule has 0 aliphatic heterocycles. The highest BCUT2D eigenvalue weighted by molar-refractivity contribution is 5.83. The van der Waals surface area contributed by atoms with E-state index >= 15 is 0 Å². The summed E-state index contributed by atoms with van der Waals surface area (Å²) in [5.41, 5.74) is 0.631. The number of nitrogens with one attached hydrogen (secondary N) is 1. The molecule has 0 heterocycles. The molecule has 0 saturated heterocycles. The zero-order valence-corrected chi connectivity index (χ0v) is 10.4. The van der Waals surface area contributed by atoms with Gasteiger partial charge in [-0.25, -0.2) is 4.79 Å². The third-order valence-electron chi connectivity index (χ3n) is 2.66. The summed E-state index contributed by atoms with van der Waals surface area (Å²) in [6.45, 7) is -0.309. The third-order valence-corrected chi connectivity index (χ3v) is 2.66. The van der Waals surface area contributed by atoms with E-state index in [1.807, 2.05) is 0 Å². The number of hydrogen-bond donors (Lipinski definition) is 4. The Kier molecular flexibility index (Phi) is 5.81. The molecule has 1 amide bonds. The van der Waals surface area contributed by atoms with Crippen molar-refractivity contribution in [1.82, 2.24) is 5.32 Å². The molecule has 1 aromatic rings. The molecule has 0 aliphatic carbocycles. The number of carbonyl (C=O) groups excluding carboxylic acids is 1. The number of amides is 1. The summed E-state index contributed by atoms with van der Waals surface area (Å²) in [6, 6.07) is 5.57. The fourth-order valence-corrected chi connectivity index (χ4v) is 1.62. The zero-order valence-electron chi connectivity index (χ0n) is 10.4. The highest BCUT2D eigenvalue weighted by atomic mass is 16.4.